The summed E-state index contributed by atoms with van der Waals surface area (Å²) in [5, 5.41) is 5.08. The Labute approximate surface area is 141 Å². The number of anilines is 1. The molecule has 2 rings (SSSR count). The zero-order chi connectivity index (χ0) is 16.8. The number of ether oxygens (including phenoxy) is 1. The Morgan fingerprint density at radius 1 is 1.22 bits per heavy atom. The van der Waals surface area contributed by atoms with Crippen molar-refractivity contribution in [3.05, 3.63) is 58.3 Å². The van der Waals surface area contributed by atoms with E-state index in [0.29, 0.717) is 5.69 Å². The van der Waals surface area contributed by atoms with Gasteiger partial charge in [-0.2, -0.15) is 0 Å². The molecule has 0 saturated carbocycles. The molecule has 5 nitrogen and oxygen atoms in total. The van der Waals surface area contributed by atoms with Crippen LogP contribution in [-0.4, -0.2) is 25.5 Å². The van der Waals surface area contributed by atoms with Crippen LogP contribution in [0.1, 0.15) is 10.4 Å². The van der Waals surface area contributed by atoms with Crippen molar-refractivity contribution in [1.29, 1.82) is 0 Å². The number of rotatable bonds is 5. The van der Waals surface area contributed by atoms with E-state index in [4.69, 9.17) is 4.74 Å². The van der Waals surface area contributed by atoms with Crippen LogP contribution in [0.5, 0.6) is 5.75 Å². The number of benzene rings is 2. The van der Waals surface area contributed by atoms with E-state index in [-0.39, 0.29) is 23.8 Å². The maximum atomic E-state index is 13.6. The molecule has 2 amide bonds. The fourth-order valence-corrected chi connectivity index (χ4v) is 2.21. The van der Waals surface area contributed by atoms with Crippen molar-refractivity contribution in [2.45, 2.75) is 0 Å². The SMILES string of the molecule is COc1ccc(C(=O)NCC(=O)Nc2ccccc2Br)cc1F. The summed E-state index contributed by atoms with van der Waals surface area (Å²) in [5.74, 6) is -1.53. The molecule has 0 unspecified atom stereocenters. The fraction of sp³-hybridized carbons (Fsp3) is 0.125. The molecule has 0 aliphatic carbocycles. The van der Waals surface area contributed by atoms with E-state index < -0.39 is 11.7 Å². The van der Waals surface area contributed by atoms with Crippen LogP contribution in [0.25, 0.3) is 0 Å². The molecule has 120 valence electrons. The molecule has 0 radical (unpaired) electrons. The molecule has 0 fully saturated rings. The molecule has 2 aromatic carbocycles. The van der Waals surface area contributed by atoms with Gasteiger partial charge >= 0.3 is 0 Å². The van der Waals surface area contributed by atoms with Crippen LogP contribution in [0.4, 0.5) is 10.1 Å². The van der Waals surface area contributed by atoms with Crippen LogP contribution in [0.2, 0.25) is 0 Å². The molecule has 23 heavy (non-hydrogen) atoms. The first-order valence-electron chi connectivity index (χ1n) is 6.67. The number of halogens is 2. The van der Waals surface area contributed by atoms with Crippen molar-refractivity contribution >= 4 is 33.4 Å². The molecule has 0 atom stereocenters. The smallest absolute Gasteiger partial charge is 0.251 e. The predicted molar refractivity (Wildman–Crippen MR) is 88.1 cm³/mol. The van der Waals surface area contributed by atoms with Crippen molar-refractivity contribution in [3.8, 4) is 5.75 Å². The first-order valence-corrected chi connectivity index (χ1v) is 7.46. The summed E-state index contributed by atoms with van der Waals surface area (Å²) in [6, 6.07) is 10.9. The van der Waals surface area contributed by atoms with Crippen LogP contribution in [-0.2, 0) is 4.79 Å². The Hall–Kier alpha value is -2.41. The third kappa shape index (κ3) is 4.53. The maximum Gasteiger partial charge on any atom is 0.251 e. The predicted octanol–water partition coefficient (Wildman–Crippen LogP) is 2.97. The molecular weight excluding hydrogens is 367 g/mol. The first kappa shape index (κ1) is 17.0. The van der Waals surface area contributed by atoms with Gasteiger partial charge in [-0.15, -0.1) is 0 Å². The monoisotopic (exact) mass is 380 g/mol. The van der Waals surface area contributed by atoms with E-state index in [1.54, 1.807) is 18.2 Å². The minimum atomic E-state index is -0.641. The third-order valence-electron chi connectivity index (χ3n) is 2.97. The molecule has 2 N–H and O–H groups in total. The van der Waals surface area contributed by atoms with E-state index in [1.165, 1.54) is 19.2 Å². The Bertz CT molecular complexity index is 737. The summed E-state index contributed by atoms with van der Waals surface area (Å²) < 4.78 is 19.1. The molecule has 0 aliphatic rings. The fourth-order valence-electron chi connectivity index (χ4n) is 1.83. The topological polar surface area (TPSA) is 67.4 Å². The zero-order valence-corrected chi connectivity index (χ0v) is 13.8. The van der Waals surface area contributed by atoms with Crippen molar-refractivity contribution in [1.82, 2.24) is 5.32 Å². The number of carbonyl (C=O) groups excluding carboxylic acids is 2. The Morgan fingerprint density at radius 2 is 1.96 bits per heavy atom. The van der Waals surface area contributed by atoms with Crippen LogP contribution >= 0.6 is 15.9 Å². The summed E-state index contributed by atoms with van der Waals surface area (Å²) in [6.45, 7) is -0.228. The summed E-state index contributed by atoms with van der Waals surface area (Å²) in [5.41, 5.74) is 0.708. The standard InChI is InChI=1S/C16H14BrFN2O3/c1-23-14-7-6-10(8-12(14)18)16(22)19-9-15(21)20-13-5-3-2-4-11(13)17/h2-8H,9H2,1H3,(H,19,22)(H,20,21). The van der Waals surface area contributed by atoms with Crippen LogP contribution < -0.4 is 15.4 Å². The lowest BCUT2D eigenvalue weighted by atomic mass is 10.2. The van der Waals surface area contributed by atoms with Gasteiger partial charge in [0.2, 0.25) is 5.91 Å². The van der Waals surface area contributed by atoms with Gasteiger partial charge in [0.05, 0.1) is 19.3 Å². The second-order valence-corrected chi connectivity index (χ2v) is 5.41. The number of methoxy groups -OCH3 is 1. The molecule has 0 heterocycles. The third-order valence-corrected chi connectivity index (χ3v) is 3.66. The molecule has 0 aromatic heterocycles. The number of hydrogen-bond donors (Lipinski definition) is 2. The number of nitrogens with one attached hydrogen (secondary N) is 2. The zero-order valence-electron chi connectivity index (χ0n) is 12.2. The number of amides is 2. The summed E-state index contributed by atoms with van der Waals surface area (Å²) in [6.07, 6.45) is 0. The van der Waals surface area contributed by atoms with Gasteiger partial charge in [-0.05, 0) is 46.3 Å². The average Bonchev–Trinajstić information content (AvgIpc) is 2.54. The van der Waals surface area contributed by atoms with Gasteiger partial charge in [-0.25, -0.2) is 4.39 Å². The molecule has 0 saturated heterocycles. The lowest BCUT2D eigenvalue weighted by Crippen LogP contribution is -2.33. The van der Waals surface area contributed by atoms with E-state index in [0.717, 1.165) is 10.5 Å². The van der Waals surface area contributed by atoms with Crippen LogP contribution in [0, 0.1) is 5.82 Å². The van der Waals surface area contributed by atoms with E-state index in [2.05, 4.69) is 26.6 Å². The highest BCUT2D eigenvalue weighted by Gasteiger charge is 2.12. The summed E-state index contributed by atoms with van der Waals surface area (Å²) >= 11 is 3.31. The van der Waals surface area contributed by atoms with Gasteiger partial charge in [0.25, 0.3) is 5.91 Å². The molecule has 2 aromatic rings. The summed E-state index contributed by atoms with van der Waals surface area (Å²) in [7, 11) is 1.34. The number of carbonyl (C=O) groups is 2. The average molecular weight is 381 g/mol. The summed E-state index contributed by atoms with van der Waals surface area (Å²) in [4.78, 5) is 23.7. The minimum absolute atomic E-state index is 0.0493. The molecule has 0 spiro atoms. The molecule has 0 bridgehead atoms. The lowest BCUT2D eigenvalue weighted by Gasteiger charge is -2.09. The second-order valence-electron chi connectivity index (χ2n) is 4.56. The lowest BCUT2D eigenvalue weighted by molar-refractivity contribution is -0.115. The van der Waals surface area contributed by atoms with Crippen molar-refractivity contribution in [3.63, 3.8) is 0 Å². The van der Waals surface area contributed by atoms with Gasteiger partial charge in [-0.1, -0.05) is 12.1 Å². The quantitative estimate of drug-likeness (QED) is 0.837. The van der Waals surface area contributed by atoms with E-state index in [1.807, 2.05) is 6.07 Å². The van der Waals surface area contributed by atoms with Crippen molar-refractivity contribution in [2.24, 2.45) is 0 Å². The van der Waals surface area contributed by atoms with Gasteiger partial charge in [-0.3, -0.25) is 9.59 Å². The largest absolute Gasteiger partial charge is 0.494 e. The molecule has 0 aliphatic heterocycles. The van der Waals surface area contributed by atoms with E-state index in [9.17, 15) is 14.0 Å². The highest BCUT2D eigenvalue weighted by atomic mass is 79.9. The maximum absolute atomic E-state index is 13.6. The van der Waals surface area contributed by atoms with Gasteiger partial charge in [0, 0.05) is 10.0 Å². The molecule has 7 heteroatoms. The van der Waals surface area contributed by atoms with Crippen LogP contribution in [0.3, 0.4) is 0 Å². The second kappa shape index (κ2) is 7.73. The normalized spacial score (nSPS) is 10.0. The first-order chi connectivity index (χ1) is 11.0. The van der Waals surface area contributed by atoms with Crippen molar-refractivity contribution in [2.75, 3.05) is 19.0 Å². The highest BCUT2D eigenvalue weighted by molar-refractivity contribution is 9.10. The highest BCUT2D eigenvalue weighted by Crippen LogP contribution is 2.21. The minimum Gasteiger partial charge on any atom is -0.494 e. The van der Waals surface area contributed by atoms with Gasteiger partial charge < -0.3 is 15.4 Å². The number of para-hydroxylation sites is 1. The number of hydrogen-bond acceptors (Lipinski definition) is 3. The Morgan fingerprint density at radius 3 is 2.61 bits per heavy atom. The van der Waals surface area contributed by atoms with Crippen LogP contribution in [0.15, 0.2) is 46.9 Å². The van der Waals surface area contributed by atoms with E-state index >= 15 is 0 Å². The van der Waals surface area contributed by atoms with Gasteiger partial charge in [0.15, 0.2) is 11.6 Å². The Balaban J connectivity index is 1.92. The Kier molecular flexibility index (Phi) is 5.70. The molecular formula is C16H14BrFN2O3. The van der Waals surface area contributed by atoms with Gasteiger partial charge in [0.1, 0.15) is 0 Å². The van der Waals surface area contributed by atoms with Crippen molar-refractivity contribution < 1.29 is 18.7 Å².